The van der Waals surface area contributed by atoms with Crippen LogP contribution < -0.4 is 10.6 Å². The predicted molar refractivity (Wildman–Crippen MR) is 94.9 cm³/mol. The lowest BCUT2D eigenvalue weighted by Crippen LogP contribution is -2.22. The standard InChI is InChI=1S/C18H21N3O2S/c1-11(2)18-20-15(10-24-18)9-19-14-5-3-12(4-6-14)7-13-8-16(22)21-17(13)23/h3-6,10-11,13,19H,7-9H2,1-2H3,(H,21,22,23). The van der Waals surface area contributed by atoms with Crippen LogP contribution in [-0.2, 0) is 22.6 Å². The number of nitrogens with one attached hydrogen (secondary N) is 2. The Kier molecular flexibility index (Phi) is 4.94. The fourth-order valence-corrected chi connectivity index (χ4v) is 3.51. The first kappa shape index (κ1) is 16.6. The van der Waals surface area contributed by atoms with Crippen molar-refractivity contribution in [1.29, 1.82) is 0 Å². The van der Waals surface area contributed by atoms with Crippen LogP contribution in [0.5, 0.6) is 0 Å². The number of aromatic nitrogens is 1. The Morgan fingerprint density at radius 3 is 2.62 bits per heavy atom. The lowest BCUT2D eigenvalue weighted by molar-refractivity contribution is -0.125. The van der Waals surface area contributed by atoms with E-state index >= 15 is 0 Å². The average molecular weight is 343 g/mol. The van der Waals surface area contributed by atoms with Gasteiger partial charge in [-0.3, -0.25) is 14.9 Å². The monoisotopic (exact) mass is 343 g/mol. The van der Waals surface area contributed by atoms with Crippen molar-refractivity contribution in [2.24, 2.45) is 5.92 Å². The van der Waals surface area contributed by atoms with Gasteiger partial charge in [0.25, 0.3) is 0 Å². The van der Waals surface area contributed by atoms with Gasteiger partial charge in [0, 0.05) is 23.4 Å². The molecule has 2 aromatic rings. The first-order valence-electron chi connectivity index (χ1n) is 8.12. The molecule has 1 unspecified atom stereocenters. The Hall–Kier alpha value is -2.21. The Morgan fingerprint density at radius 1 is 1.29 bits per heavy atom. The van der Waals surface area contributed by atoms with Gasteiger partial charge in [0.15, 0.2) is 0 Å². The molecule has 1 atom stereocenters. The maximum atomic E-state index is 11.6. The third kappa shape index (κ3) is 4.00. The highest BCUT2D eigenvalue weighted by molar-refractivity contribution is 7.09. The van der Waals surface area contributed by atoms with Crippen LogP contribution in [0.1, 0.15) is 42.5 Å². The summed E-state index contributed by atoms with van der Waals surface area (Å²) in [4.78, 5) is 27.4. The number of amides is 2. The molecule has 24 heavy (non-hydrogen) atoms. The molecule has 1 saturated heterocycles. The van der Waals surface area contributed by atoms with E-state index in [-0.39, 0.29) is 17.7 Å². The number of benzene rings is 1. The third-order valence-corrected chi connectivity index (χ3v) is 5.23. The molecular formula is C18H21N3O2S. The van der Waals surface area contributed by atoms with Crippen LogP contribution in [0.4, 0.5) is 5.69 Å². The summed E-state index contributed by atoms with van der Waals surface area (Å²) in [6.07, 6.45) is 0.891. The van der Waals surface area contributed by atoms with Crippen molar-refractivity contribution in [3.8, 4) is 0 Å². The van der Waals surface area contributed by atoms with Crippen LogP contribution >= 0.6 is 11.3 Å². The number of thiazole rings is 1. The summed E-state index contributed by atoms with van der Waals surface area (Å²) in [7, 11) is 0. The van der Waals surface area contributed by atoms with Crippen LogP contribution in [0.2, 0.25) is 0 Å². The molecule has 0 spiro atoms. The maximum absolute atomic E-state index is 11.6. The number of anilines is 1. The first-order chi connectivity index (χ1) is 11.5. The van der Waals surface area contributed by atoms with E-state index in [4.69, 9.17) is 0 Å². The molecule has 1 fully saturated rings. The van der Waals surface area contributed by atoms with Crippen LogP contribution in [-0.4, -0.2) is 16.8 Å². The van der Waals surface area contributed by atoms with Gasteiger partial charge >= 0.3 is 0 Å². The van der Waals surface area contributed by atoms with Crippen molar-refractivity contribution < 1.29 is 9.59 Å². The summed E-state index contributed by atoms with van der Waals surface area (Å²) >= 11 is 1.70. The normalized spacial score (nSPS) is 17.4. The van der Waals surface area contributed by atoms with Crippen molar-refractivity contribution >= 4 is 28.8 Å². The second kappa shape index (κ2) is 7.13. The zero-order valence-corrected chi connectivity index (χ0v) is 14.7. The van der Waals surface area contributed by atoms with Gasteiger partial charge in [-0.2, -0.15) is 0 Å². The number of hydrogen-bond acceptors (Lipinski definition) is 5. The number of nitrogens with zero attached hydrogens (tertiary/aromatic N) is 1. The second-order valence-corrected chi connectivity index (χ2v) is 7.29. The second-order valence-electron chi connectivity index (χ2n) is 6.40. The van der Waals surface area contributed by atoms with Gasteiger partial charge in [0.2, 0.25) is 11.8 Å². The lowest BCUT2D eigenvalue weighted by Gasteiger charge is -2.08. The molecular weight excluding hydrogens is 322 g/mol. The number of rotatable bonds is 6. The number of carbonyl (C=O) groups is 2. The molecule has 0 bridgehead atoms. The van der Waals surface area contributed by atoms with Gasteiger partial charge in [-0.1, -0.05) is 26.0 Å². The molecule has 126 valence electrons. The van der Waals surface area contributed by atoms with E-state index < -0.39 is 0 Å². The van der Waals surface area contributed by atoms with Crippen molar-refractivity contribution in [2.45, 2.75) is 39.2 Å². The van der Waals surface area contributed by atoms with E-state index in [0.29, 0.717) is 25.3 Å². The van der Waals surface area contributed by atoms with E-state index in [1.54, 1.807) is 11.3 Å². The number of carbonyl (C=O) groups excluding carboxylic acids is 2. The SMILES string of the molecule is CC(C)c1nc(CNc2ccc(CC3CC(=O)NC3=O)cc2)cs1. The quantitative estimate of drug-likeness (QED) is 0.791. The molecule has 0 aliphatic carbocycles. The van der Waals surface area contributed by atoms with Gasteiger partial charge in [-0.15, -0.1) is 11.3 Å². The third-order valence-electron chi connectivity index (χ3n) is 4.04. The minimum absolute atomic E-state index is 0.160. The van der Waals surface area contributed by atoms with Gasteiger partial charge < -0.3 is 5.32 Å². The molecule has 0 radical (unpaired) electrons. The van der Waals surface area contributed by atoms with E-state index in [9.17, 15) is 9.59 Å². The van der Waals surface area contributed by atoms with Gasteiger partial charge in [0.1, 0.15) is 0 Å². The molecule has 3 rings (SSSR count). The van der Waals surface area contributed by atoms with E-state index in [0.717, 1.165) is 22.0 Å². The molecule has 2 heterocycles. The van der Waals surface area contributed by atoms with Crippen molar-refractivity contribution in [3.63, 3.8) is 0 Å². The summed E-state index contributed by atoms with van der Waals surface area (Å²) in [5, 5.41) is 8.96. The summed E-state index contributed by atoms with van der Waals surface area (Å²) in [6.45, 7) is 4.99. The summed E-state index contributed by atoms with van der Waals surface area (Å²) in [5.74, 6) is -0.109. The zero-order valence-electron chi connectivity index (χ0n) is 13.8. The highest BCUT2D eigenvalue weighted by Gasteiger charge is 2.30. The van der Waals surface area contributed by atoms with E-state index in [2.05, 4.69) is 34.8 Å². The highest BCUT2D eigenvalue weighted by Crippen LogP contribution is 2.21. The Morgan fingerprint density at radius 2 is 2.04 bits per heavy atom. The molecule has 1 aromatic carbocycles. The Bertz CT molecular complexity index is 737. The smallest absolute Gasteiger partial charge is 0.230 e. The summed E-state index contributed by atoms with van der Waals surface area (Å²) in [5.41, 5.74) is 3.13. The van der Waals surface area contributed by atoms with Crippen LogP contribution in [0, 0.1) is 5.92 Å². The van der Waals surface area contributed by atoms with Crippen molar-refractivity contribution in [2.75, 3.05) is 5.32 Å². The molecule has 1 aromatic heterocycles. The summed E-state index contributed by atoms with van der Waals surface area (Å²) < 4.78 is 0. The minimum atomic E-state index is -0.235. The van der Waals surface area contributed by atoms with Crippen molar-refractivity contribution in [3.05, 3.63) is 45.9 Å². The van der Waals surface area contributed by atoms with Crippen LogP contribution in [0.3, 0.4) is 0 Å². The average Bonchev–Trinajstić information content (AvgIpc) is 3.14. The fraction of sp³-hybridized carbons (Fsp3) is 0.389. The minimum Gasteiger partial charge on any atom is -0.379 e. The van der Waals surface area contributed by atoms with E-state index in [1.807, 2.05) is 24.3 Å². The molecule has 6 heteroatoms. The first-order valence-corrected chi connectivity index (χ1v) is 9.00. The van der Waals surface area contributed by atoms with Gasteiger partial charge in [-0.25, -0.2) is 4.98 Å². The highest BCUT2D eigenvalue weighted by atomic mass is 32.1. The topological polar surface area (TPSA) is 71.1 Å². The summed E-state index contributed by atoms with van der Waals surface area (Å²) in [6, 6.07) is 8.00. The van der Waals surface area contributed by atoms with Crippen molar-refractivity contribution in [1.82, 2.24) is 10.3 Å². The van der Waals surface area contributed by atoms with Gasteiger partial charge in [0.05, 0.1) is 23.2 Å². The predicted octanol–water partition coefficient (Wildman–Crippen LogP) is 3.08. The van der Waals surface area contributed by atoms with Crippen LogP contribution in [0.15, 0.2) is 29.6 Å². The molecule has 5 nitrogen and oxygen atoms in total. The number of imide groups is 1. The zero-order chi connectivity index (χ0) is 17.1. The van der Waals surface area contributed by atoms with Crippen LogP contribution in [0.25, 0.3) is 0 Å². The molecule has 1 aliphatic heterocycles. The molecule has 0 saturated carbocycles. The fourth-order valence-electron chi connectivity index (χ4n) is 2.68. The Labute approximate surface area is 145 Å². The molecule has 1 aliphatic rings. The number of hydrogen-bond donors (Lipinski definition) is 2. The van der Waals surface area contributed by atoms with E-state index in [1.165, 1.54) is 0 Å². The Balaban J connectivity index is 1.54. The maximum Gasteiger partial charge on any atom is 0.230 e. The lowest BCUT2D eigenvalue weighted by atomic mass is 9.98. The largest absolute Gasteiger partial charge is 0.379 e. The van der Waals surface area contributed by atoms with Gasteiger partial charge in [-0.05, 0) is 24.1 Å². The molecule has 2 N–H and O–H groups in total. The molecule has 2 amide bonds.